The molecule has 0 saturated carbocycles. The fourth-order valence-corrected chi connectivity index (χ4v) is 2.49. The lowest BCUT2D eigenvalue weighted by molar-refractivity contribution is -0.122. The summed E-state index contributed by atoms with van der Waals surface area (Å²) in [5.74, 6) is -0.417. The zero-order chi connectivity index (χ0) is 14.2. The molecule has 5 nitrogen and oxygen atoms in total. The molecule has 3 N–H and O–H groups in total. The standard InChI is InChI=1S/C15H23N3O2/c16-15(19)12-20-9-7-17-14-6-8-18(11-14)10-13-4-2-1-3-5-13/h1-5,14,17H,6-12H2,(H2,16,19). The van der Waals surface area contributed by atoms with Gasteiger partial charge in [0.2, 0.25) is 5.91 Å². The second-order valence-corrected chi connectivity index (χ2v) is 5.18. The maximum absolute atomic E-state index is 10.5. The maximum Gasteiger partial charge on any atom is 0.243 e. The number of likely N-dealkylation sites (tertiary alicyclic amines) is 1. The van der Waals surface area contributed by atoms with Crippen LogP contribution in [0.3, 0.4) is 0 Å². The number of ether oxygens (including phenoxy) is 1. The maximum atomic E-state index is 10.5. The molecule has 20 heavy (non-hydrogen) atoms. The van der Waals surface area contributed by atoms with E-state index in [0.717, 1.165) is 32.6 Å². The Morgan fingerprint density at radius 3 is 2.95 bits per heavy atom. The Morgan fingerprint density at radius 2 is 2.20 bits per heavy atom. The van der Waals surface area contributed by atoms with Crippen LogP contribution in [0, 0.1) is 0 Å². The Hall–Kier alpha value is -1.43. The number of benzene rings is 1. The van der Waals surface area contributed by atoms with E-state index in [2.05, 4.69) is 34.5 Å². The molecule has 1 saturated heterocycles. The van der Waals surface area contributed by atoms with Crippen LogP contribution < -0.4 is 11.1 Å². The van der Waals surface area contributed by atoms with Gasteiger partial charge in [0.25, 0.3) is 0 Å². The van der Waals surface area contributed by atoms with Crippen molar-refractivity contribution < 1.29 is 9.53 Å². The summed E-state index contributed by atoms with van der Waals surface area (Å²) in [5, 5.41) is 3.45. The average molecular weight is 277 g/mol. The number of nitrogens with one attached hydrogen (secondary N) is 1. The van der Waals surface area contributed by atoms with Gasteiger partial charge in [-0.2, -0.15) is 0 Å². The van der Waals surface area contributed by atoms with Crippen LogP contribution in [-0.2, 0) is 16.1 Å². The molecular formula is C15H23N3O2. The summed E-state index contributed by atoms with van der Waals surface area (Å²) < 4.78 is 5.13. The molecule has 1 aliphatic rings. The molecule has 1 aliphatic heterocycles. The van der Waals surface area contributed by atoms with E-state index in [1.807, 2.05) is 6.07 Å². The van der Waals surface area contributed by atoms with Gasteiger partial charge in [0.15, 0.2) is 0 Å². The third-order valence-electron chi connectivity index (χ3n) is 3.45. The van der Waals surface area contributed by atoms with E-state index in [0.29, 0.717) is 12.6 Å². The van der Waals surface area contributed by atoms with Crippen molar-refractivity contribution in [3.05, 3.63) is 35.9 Å². The SMILES string of the molecule is NC(=O)COCCNC1CCN(Cc2ccccc2)C1. The second kappa shape index (κ2) is 7.99. The molecule has 1 aromatic carbocycles. The Kier molecular flexibility index (Phi) is 5.98. The Bertz CT molecular complexity index is 411. The largest absolute Gasteiger partial charge is 0.370 e. The molecule has 0 bridgehead atoms. The van der Waals surface area contributed by atoms with Crippen molar-refractivity contribution in [2.24, 2.45) is 5.73 Å². The highest BCUT2D eigenvalue weighted by Gasteiger charge is 2.21. The predicted octanol–water partition coefficient (Wildman–Crippen LogP) is 0.352. The normalized spacial score (nSPS) is 19.3. The van der Waals surface area contributed by atoms with E-state index >= 15 is 0 Å². The molecular weight excluding hydrogens is 254 g/mol. The van der Waals surface area contributed by atoms with Gasteiger partial charge in [-0.15, -0.1) is 0 Å². The Labute approximate surface area is 120 Å². The van der Waals surface area contributed by atoms with Crippen molar-refractivity contribution in [1.82, 2.24) is 10.2 Å². The number of primary amides is 1. The van der Waals surface area contributed by atoms with Gasteiger partial charge in [-0.25, -0.2) is 0 Å². The van der Waals surface area contributed by atoms with Crippen molar-refractivity contribution >= 4 is 5.91 Å². The van der Waals surface area contributed by atoms with E-state index in [1.54, 1.807) is 0 Å². The topological polar surface area (TPSA) is 67.6 Å². The van der Waals surface area contributed by atoms with E-state index in [9.17, 15) is 4.79 Å². The van der Waals surface area contributed by atoms with Gasteiger partial charge in [0, 0.05) is 32.2 Å². The van der Waals surface area contributed by atoms with Crippen molar-refractivity contribution in [2.45, 2.75) is 19.0 Å². The third kappa shape index (κ3) is 5.28. The first-order valence-corrected chi connectivity index (χ1v) is 7.10. The van der Waals surface area contributed by atoms with Crippen molar-refractivity contribution in [3.8, 4) is 0 Å². The van der Waals surface area contributed by atoms with Crippen molar-refractivity contribution in [2.75, 3.05) is 32.8 Å². The van der Waals surface area contributed by atoms with Gasteiger partial charge in [-0.3, -0.25) is 9.69 Å². The lowest BCUT2D eigenvalue weighted by Gasteiger charge is -2.16. The minimum absolute atomic E-state index is 0.00643. The van der Waals surface area contributed by atoms with Crippen LogP contribution in [0.5, 0.6) is 0 Å². The average Bonchev–Trinajstić information content (AvgIpc) is 2.87. The van der Waals surface area contributed by atoms with Crippen LogP contribution in [0.4, 0.5) is 0 Å². The summed E-state index contributed by atoms with van der Waals surface area (Å²) in [7, 11) is 0. The molecule has 110 valence electrons. The molecule has 0 aromatic heterocycles. The van der Waals surface area contributed by atoms with Gasteiger partial charge in [-0.1, -0.05) is 30.3 Å². The van der Waals surface area contributed by atoms with Gasteiger partial charge in [-0.05, 0) is 12.0 Å². The van der Waals surface area contributed by atoms with E-state index in [-0.39, 0.29) is 6.61 Å². The minimum Gasteiger partial charge on any atom is -0.370 e. The highest BCUT2D eigenvalue weighted by atomic mass is 16.5. The highest BCUT2D eigenvalue weighted by molar-refractivity contribution is 5.74. The molecule has 2 rings (SSSR count). The fraction of sp³-hybridized carbons (Fsp3) is 0.533. The summed E-state index contributed by atoms with van der Waals surface area (Å²) in [6.07, 6.45) is 1.16. The molecule has 0 radical (unpaired) electrons. The molecule has 5 heteroatoms. The van der Waals surface area contributed by atoms with Crippen LogP contribution in [0.25, 0.3) is 0 Å². The quantitative estimate of drug-likeness (QED) is 0.673. The first kappa shape index (κ1) is 15.0. The minimum atomic E-state index is -0.417. The highest BCUT2D eigenvalue weighted by Crippen LogP contribution is 2.13. The number of carbonyl (C=O) groups is 1. The smallest absolute Gasteiger partial charge is 0.243 e. The molecule has 1 heterocycles. The summed E-state index contributed by atoms with van der Waals surface area (Å²) in [6.45, 7) is 4.48. The first-order valence-electron chi connectivity index (χ1n) is 7.10. The number of hydrogen-bond acceptors (Lipinski definition) is 4. The Balaban J connectivity index is 1.59. The van der Waals surface area contributed by atoms with Gasteiger partial charge in [0.05, 0.1) is 6.61 Å². The van der Waals surface area contributed by atoms with E-state index in [1.165, 1.54) is 5.56 Å². The van der Waals surface area contributed by atoms with Crippen LogP contribution in [0.2, 0.25) is 0 Å². The van der Waals surface area contributed by atoms with Crippen LogP contribution in [0.15, 0.2) is 30.3 Å². The predicted molar refractivity (Wildman–Crippen MR) is 78.1 cm³/mol. The number of hydrogen-bond donors (Lipinski definition) is 2. The number of nitrogens with zero attached hydrogens (tertiary/aromatic N) is 1. The summed E-state index contributed by atoms with van der Waals surface area (Å²) in [6, 6.07) is 11.0. The van der Waals surface area contributed by atoms with Gasteiger partial charge < -0.3 is 15.8 Å². The Morgan fingerprint density at radius 1 is 1.40 bits per heavy atom. The number of carbonyl (C=O) groups excluding carboxylic acids is 1. The van der Waals surface area contributed by atoms with E-state index < -0.39 is 5.91 Å². The van der Waals surface area contributed by atoms with Crippen LogP contribution in [-0.4, -0.2) is 49.7 Å². The summed E-state index contributed by atoms with van der Waals surface area (Å²) in [4.78, 5) is 13.0. The third-order valence-corrected chi connectivity index (χ3v) is 3.45. The number of rotatable bonds is 8. The molecule has 0 spiro atoms. The van der Waals surface area contributed by atoms with Crippen molar-refractivity contribution in [1.29, 1.82) is 0 Å². The fourth-order valence-electron chi connectivity index (χ4n) is 2.49. The zero-order valence-electron chi connectivity index (χ0n) is 11.8. The molecule has 0 aliphatic carbocycles. The molecule has 1 atom stereocenters. The monoisotopic (exact) mass is 277 g/mol. The molecule has 1 amide bonds. The molecule has 1 fully saturated rings. The second-order valence-electron chi connectivity index (χ2n) is 5.18. The zero-order valence-corrected chi connectivity index (χ0v) is 11.8. The molecule has 1 aromatic rings. The lowest BCUT2D eigenvalue weighted by atomic mass is 10.2. The number of nitrogens with two attached hydrogens (primary N) is 1. The first-order chi connectivity index (χ1) is 9.74. The van der Waals surface area contributed by atoms with Crippen molar-refractivity contribution in [3.63, 3.8) is 0 Å². The van der Waals surface area contributed by atoms with Crippen LogP contribution in [0.1, 0.15) is 12.0 Å². The molecule has 1 unspecified atom stereocenters. The number of amides is 1. The summed E-state index contributed by atoms with van der Waals surface area (Å²) in [5.41, 5.74) is 6.36. The van der Waals surface area contributed by atoms with Gasteiger partial charge >= 0.3 is 0 Å². The van der Waals surface area contributed by atoms with Gasteiger partial charge in [0.1, 0.15) is 6.61 Å². The summed E-state index contributed by atoms with van der Waals surface area (Å²) >= 11 is 0. The van der Waals surface area contributed by atoms with Crippen LogP contribution >= 0.6 is 0 Å². The lowest BCUT2D eigenvalue weighted by Crippen LogP contribution is -2.35. The van der Waals surface area contributed by atoms with E-state index in [4.69, 9.17) is 10.5 Å².